The molecule has 1 aliphatic heterocycles. The lowest BCUT2D eigenvalue weighted by Gasteiger charge is -2.39. The van der Waals surface area contributed by atoms with Gasteiger partial charge in [0.2, 0.25) is 0 Å². The molecule has 1 aliphatic carbocycles. The number of urea groups is 1. The van der Waals surface area contributed by atoms with Gasteiger partial charge < -0.3 is 10.0 Å². The third-order valence-electron chi connectivity index (χ3n) is 4.91. The fourth-order valence-corrected chi connectivity index (χ4v) is 3.72. The van der Waals surface area contributed by atoms with Crippen molar-refractivity contribution in [2.75, 3.05) is 18.0 Å². The Balaban J connectivity index is 1.89. The van der Waals surface area contributed by atoms with Gasteiger partial charge in [-0.2, -0.15) is 13.2 Å². The predicted molar refractivity (Wildman–Crippen MR) is 82.1 cm³/mol. The zero-order chi connectivity index (χ0) is 18.2. The molecule has 2 heterocycles. The predicted octanol–water partition coefficient (Wildman–Crippen LogP) is 3.13. The van der Waals surface area contributed by atoms with E-state index < -0.39 is 36.0 Å². The number of hydrogen-bond acceptors (Lipinski definition) is 3. The first-order valence-corrected chi connectivity index (χ1v) is 8.07. The Hall–Kier alpha value is -2.32. The zero-order valence-corrected chi connectivity index (χ0v) is 13.4. The van der Waals surface area contributed by atoms with Crippen LogP contribution < -0.4 is 4.90 Å². The second kappa shape index (κ2) is 6.20. The van der Waals surface area contributed by atoms with E-state index in [1.54, 1.807) is 0 Å². The van der Waals surface area contributed by atoms with Crippen molar-refractivity contribution in [1.29, 1.82) is 0 Å². The average molecular weight is 357 g/mol. The first-order chi connectivity index (χ1) is 11.7. The highest BCUT2D eigenvalue weighted by Gasteiger charge is 2.51. The Morgan fingerprint density at radius 2 is 1.92 bits per heavy atom. The van der Waals surface area contributed by atoms with E-state index in [9.17, 15) is 22.8 Å². The fraction of sp³-hybridized carbons (Fsp3) is 0.562. The van der Waals surface area contributed by atoms with E-state index in [0.29, 0.717) is 12.8 Å². The van der Waals surface area contributed by atoms with Crippen LogP contribution in [0.3, 0.4) is 0 Å². The van der Waals surface area contributed by atoms with Crippen LogP contribution in [0.25, 0.3) is 0 Å². The molecule has 0 aromatic carbocycles. The number of pyridine rings is 1. The Kier molecular flexibility index (Phi) is 4.34. The van der Waals surface area contributed by atoms with Crippen LogP contribution in [0.15, 0.2) is 18.3 Å². The van der Waals surface area contributed by atoms with Gasteiger partial charge in [-0.05, 0) is 25.0 Å². The van der Waals surface area contributed by atoms with Crippen LogP contribution >= 0.6 is 0 Å². The molecule has 0 unspecified atom stereocenters. The van der Waals surface area contributed by atoms with Gasteiger partial charge in [-0.1, -0.05) is 19.3 Å². The van der Waals surface area contributed by atoms with Crippen LogP contribution in [0.4, 0.5) is 23.7 Å². The lowest BCUT2D eigenvalue weighted by Crippen LogP contribution is -2.50. The normalized spacial score (nSPS) is 20.4. The number of halogens is 3. The summed E-state index contributed by atoms with van der Waals surface area (Å²) in [7, 11) is 0. The lowest BCUT2D eigenvalue weighted by molar-refractivity contribution is -0.141. The van der Waals surface area contributed by atoms with Gasteiger partial charge >= 0.3 is 18.2 Å². The molecule has 2 amide bonds. The first-order valence-electron chi connectivity index (χ1n) is 8.07. The topological polar surface area (TPSA) is 73.7 Å². The molecule has 25 heavy (non-hydrogen) atoms. The molecule has 1 saturated heterocycles. The van der Waals surface area contributed by atoms with Crippen molar-refractivity contribution >= 4 is 17.7 Å². The van der Waals surface area contributed by atoms with Crippen molar-refractivity contribution in [3.8, 4) is 0 Å². The van der Waals surface area contributed by atoms with Crippen LogP contribution in [0.5, 0.6) is 0 Å². The highest BCUT2D eigenvalue weighted by Crippen LogP contribution is 2.41. The highest BCUT2D eigenvalue weighted by atomic mass is 19.4. The van der Waals surface area contributed by atoms with Crippen molar-refractivity contribution < 1.29 is 27.9 Å². The number of carboxylic acid groups (broad SMARTS) is 1. The summed E-state index contributed by atoms with van der Waals surface area (Å²) < 4.78 is 37.9. The third kappa shape index (κ3) is 3.27. The number of carbonyl (C=O) groups excluding carboxylic acids is 1. The second-order valence-electron chi connectivity index (χ2n) is 6.53. The van der Waals surface area contributed by atoms with Crippen LogP contribution in [-0.2, 0) is 11.0 Å². The van der Waals surface area contributed by atoms with Crippen LogP contribution in [0, 0.1) is 0 Å². The minimum Gasteiger partial charge on any atom is -0.480 e. The smallest absolute Gasteiger partial charge is 0.433 e. The SMILES string of the molecule is O=C(O)CN1C(=O)N(c2ccc(C(F)(F)F)nc2)CC12CCCCC2. The van der Waals surface area contributed by atoms with Crippen molar-refractivity contribution in [2.24, 2.45) is 0 Å². The molecular formula is C16H18F3N3O3. The number of aliphatic carboxylic acids is 1. The Morgan fingerprint density at radius 1 is 1.24 bits per heavy atom. The molecule has 2 fully saturated rings. The Labute approximate surface area is 142 Å². The summed E-state index contributed by atoms with van der Waals surface area (Å²) in [5, 5.41) is 9.14. The van der Waals surface area contributed by atoms with Crippen molar-refractivity contribution in [2.45, 2.75) is 43.8 Å². The molecule has 6 nitrogen and oxygen atoms in total. The van der Waals surface area contributed by atoms with Gasteiger partial charge in [0.05, 0.1) is 24.0 Å². The minimum absolute atomic E-state index is 0.246. The second-order valence-corrected chi connectivity index (χ2v) is 6.53. The molecular weight excluding hydrogens is 339 g/mol. The molecule has 0 radical (unpaired) electrons. The molecule has 1 spiro atoms. The zero-order valence-electron chi connectivity index (χ0n) is 13.4. The number of carboxylic acids is 1. The molecule has 1 aromatic rings. The van der Waals surface area contributed by atoms with Gasteiger partial charge in [-0.3, -0.25) is 9.69 Å². The number of aromatic nitrogens is 1. The van der Waals surface area contributed by atoms with Gasteiger partial charge in [-0.15, -0.1) is 0 Å². The summed E-state index contributed by atoms with van der Waals surface area (Å²) in [4.78, 5) is 30.0. The number of anilines is 1. The van der Waals surface area contributed by atoms with E-state index in [2.05, 4.69) is 4.98 Å². The maximum absolute atomic E-state index is 12.7. The molecule has 3 rings (SSSR count). The van der Waals surface area contributed by atoms with Crippen molar-refractivity contribution in [3.05, 3.63) is 24.0 Å². The lowest BCUT2D eigenvalue weighted by atomic mass is 9.81. The highest BCUT2D eigenvalue weighted by molar-refractivity contribution is 5.96. The van der Waals surface area contributed by atoms with E-state index in [1.807, 2.05) is 0 Å². The van der Waals surface area contributed by atoms with E-state index in [0.717, 1.165) is 31.5 Å². The molecule has 9 heteroatoms. The Bertz CT molecular complexity index is 669. The summed E-state index contributed by atoms with van der Waals surface area (Å²) in [6.07, 6.45) is 0.659. The molecule has 0 atom stereocenters. The van der Waals surface area contributed by atoms with Crippen LogP contribution in [-0.4, -0.2) is 45.6 Å². The first kappa shape index (κ1) is 17.5. The van der Waals surface area contributed by atoms with E-state index in [-0.39, 0.29) is 12.2 Å². The van der Waals surface area contributed by atoms with Gasteiger partial charge in [0.25, 0.3) is 0 Å². The Morgan fingerprint density at radius 3 is 2.44 bits per heavy atom. The summed E-state index contributed by atoms with van der Waals surface area (Å²) >= 11 is 0. The fourth-order valence-electron chi connectivity index (χ4n) is 3.72. The number of rotatable bonds is 3. The van der Waals surface area contributed by atoms with E-state index >= 15 is 0 Å². The van der Waals surface area contributed by atoms with Gasteiger partial charge in [-0.25, -0.2) is 9.78 Å². The number of alkyl halides is 3. The van der Waals surface area contributed by atoms with Gasteiger partial charge in [0.15, 0.2) is 0 Å². The number of nitrogens with zero attached hydrogens (tertiary/aromatic N) is 3. The van der Waals surface area contributed by atoms with Crippen molar-refractivity contribution in [3.63, 3.8) is 0 Å². The molecule has 1 aromatic heterocycles. The van der Waals surface area contributed by atoms with Gasteiger partial charge in [0.1, 0.15) is 12.2 Å². The molecule has 2 aliphatic rings. The quantitative estimate of drug-likeness (QED) is 0.902. The molecule has 1 saturated carbocycles. The van der Waals surface area contributed by atoms with Crippen molar-refractivity contribution in [1.82, 2.24) is 9.88 Å². The number of hydrogen-bond donors (Lipinski definition) is 1. The average Bonchev–Trinajstić information content (AvgIpc) is 2.80. The molecule has 136 valence electrons. The van der Waals surface area contributed by atoms with Crippen LogP contribution in [0.2, 0.25) is 0 Å². The van der Waals surface area contributed by atoms with E-state index in [1.165, 1.54) is 15.9 Å². The van der Waals surface area contributed by atoms with E-state index in [4.69, 9.17) is 5.11 Å². The maximum atomic E-state index is 12.7. The third-order valence-corrected chi connectivity index (χ3v) is 4.91. The maximum Gasteiger partial charge on any atom is 0.433 e. The van der Waals surface area contributed by atoms with Crippen LogP contribution in [0.1, 0.15) is 37.8 Å². The molecule has 0 bridgehead atoms. The number of carbonyl (C=O) groups is 2. The van der Waals surface area contributed by atoms with Gasteiger partial charge in [0, 0.05) is 0 Å². The monoisotopic (exact) mass is 357 g/mol. The largest absolute Gasteiger partial charge is 0.480 e. The minimum atomic E-state index is -4.55. The summed E-state index contributed by atoms with van der Waals surface area (Å²) in [5.41, 5.74) is -1.36. The summed E-state index contributed by atoms with van der Waals surface area (Å²) in [6.45, 7) is -0.143. The standard InChI is InChI=1S/C16H18F3N3O3/c17-16(18,19)12-5-4-11(8-20-12)21-10-15(6-2-1-3-7-15)22(14(21)25)9-13(23)24/h4-5,8H,1-3,6-7,9-10H2,(H,23,24). The number of amides is 2. The molecule has 1 N–H and O–H groups in total. The summed E-state index contributed by atoms with van der Waals surface area (Å²) in [5.74, 6) is -1.11. The summed E-state index contributed by atoms with van der Waals surface area (Å²) in [6, 6.07) is 1.54.